The van der Waals surface area contributed by atoms with E-state index in [0.29, 0.717) is 6.20 Å². The van der Waals surface area contributed by atoms with Crippen LogP contribution in [0.4, 0.5) is 17.6 Å². The van der Waals surface area contributed by atoms with Crippen molar-refractivity contribution in [3.05, 3.63) is 29.1 Å². The van der Waals surface area contributed by atoms with Crippen molar-refractivity contribution in [2.45, 2.75) is 13.0 Å². The van der Waals surface area contributed by atoms with Gasteiger partial charge in [0.15, 0.2) is 0 Å². The van der Waals surface area contributed by atoms with Crippen molar-refractivity contribution < 1.29 is 17.6 Å². The summed E-state index contributed by atoms with van der Waals surface area (Å²) in [6.45, 7) is -0.481. The zero-order chi connectivity index (χ0) is 10.0. The minimum Gasteiger partial charge on any atom is -0.326 e. The van der Waals surface area contributed by atoms with E-state index in [0.717, 1.165) is 0 Å². The van der Waals surface area contributed by atoms with Gasteiger partial charge in [0.2, 0.25) is 5.95 Å². The molecular formula is C7H6F4N2. The first-order valence-corrected chi connectivity index (χ1v) is 3.39. The summed E-state index contributed by atoms with van der Waals surface area (Å²) in [6, 6.07) is 0. The molecule has 0 aromatic carbocycles. The number of halogens is 4. The zero-order valence-electron chi connectivity index (χ0n) is 6.40. The van der Waals surface area contributed by atoms with Crippen molar-refractivity contribution in [1.29, 1.82) is 0 Å². The standard InChI is InChI=1S/C7H6F4N2/c8-4-2-13-7(11)5(6(9)10)3(4)1-12/h2,6H,1,12H2. The fourth-order valence-corrected chi connectivity index (χ4v) is 0.943. The second kappa shape index (κ2) is 3.69. The average molecular weight is 194 g/mol. The molecule has 0 saturated heterocycles. The van der Waals surface area contributed by atoms with Gasteiger partial charge in [-0.3, -0.25) is 0 Å². The fraction of sp³-hybridized carbons (Fsp3) is 0.286. The first-order chi connectivity index (χ1) is 6.07. The Labute approximate surface area is 71.4 Å². The van der Waals surface area contributed by atoms with Gasteiger partial charge in [0.05, 0.1) is 11.8 Å². The van der Waals surface area contributed by atoms with Crippen LogP contribution in [0, 0.1) is 11.8 Å². The largest absolute Gasteiger partial charge is 0.326 e. The van der Waals surface area contributed by atoms with E-state index in [1.807, 2.05) is 0 Å². The molecule has 1 aromatic heterocycles. The van der Waals surface area contributed by atoms with E-state index in [1.54, 1.807) is 0 Å². The molecule has 0 aliphatic rings. The highest BCUT2D eigenvalue weighted by atomic mass is 19.3. The Balaban J connectivity index is 3.35. The van der Waals surface area contributed by atoms with Crippen LogP contribution in [0.15, 0.2) is 6.20 Å². The minimum absolute atomic E-state index is 0.481. The molecule has 72 valence electrons. The van der Waals surface area contributed by atoms with Crippen LogP contribution in [0.5, 0.6) is 0 Å². The Morgan fingerprint density at radius 1 is 1.38 bits per heavy atom. The van der Waals surface area contributed by atoms with Gasteiger partial charge in [0, 0.05) is 12.1 Å². The number of hydrogen-bond acceptors (Lipinski definition) is 2. The van der Waals surface area contributed by atoms with E-state index in [4.69, 9.17) is 5.73 Å². The Bertz CT molecular complexity index is 314. The lowest BCUT2D eigenvalue weighted by Crippen LogP contribution is -2.09. The maximum atomic E-state index is 12.7. The van der Waals surface area contributed by atoms with Crippen LogP contribution in [0.25, 0.3) is 0 Å². The van der Waals surface area contributed by atoms with Crippen molar-refractivity contribution in [3.8, 4) is 0 Å². The van der Waals surface area contributed by atoms with Crippen LogP contribution in [-0.4, -0.2) is 4.98 Å². The Morgan fingerprint density at radius 3 is 2.38 bits per heavy atom. The number of pyridine rings is 1. The molecule has 0 atom stereocenters. The molecule has 6 heteroatoms. The van der Waals surface area contributed by atoms with Crippen molar-refractivity contribution in [3.63, 3.8) is 0 Å². The molecule has 0 amide bonds. The summed E-state index contributed by atoms with van der Waals surface area (Å²) in [5, 5.41) is 0. The molecule has 0 aliphatic carbocycles. The Hall–Kier alpha value is -1.17. The molecule has 0 unspecified atom stereocenters. The highest BCUT2D eigenvalue weighted by Crippen LogP contribution is 2.25. The first kappa shape index (κ1) is 9.91. The van der Waals surface area contributed by atoms with Crippen LogP contribution in [0.1, 0.15) is 17.6 Å². The minimum atomic E-state index is -3.11. The van der Waals surface area contributed by atoms with Gasteiger partial charge >= 0.3 is 0 Å². The SMILES string of the molecule is NCc1c(F)cnc(F)c1C(F)F. The normalized spacial score (nSPS) is 10.9. The summed E-state index contributed by atoms with van der Waals surface area (Å²) in [6.07, 6.45) is -2.58. The summed E-state index contributed by atoms with van der Waals surface area (Å²) < 4.78 is 49.7. The van der Waals surface area contributed by atoms with Crippen molar-refractivity contribution in [1.82, 2.24) is 4.98 Å². The third kappa shape index (κ3) is 1.77. The lowest BCUT2D eigenvalue weighted by molar-refractivity contribution is 0.143. The summed E-state index contributed by atoms with van der Waals surface area (Å²) >= 11 is 0. The molecule has 0 radical (unpaired) electrons. The van der Waals surface area contributed by atoms with E-state index in [-0.39, 0.29) is 0 Å². The number of alkyl halides is 2. The number of nitrogens with two attached hydrogens (primary N) is 1. The Morgan fingerprint density at radius 2 is 2.00 bits per heavy atom. The second-order valence-electron chi connectivity index (χ2n) is 2.29. The molecular weight excluding hydrogens is 188 g/mol. The molecule has 1 heterocycles. The number of rotatable bonds is 2. The summed E-state index contributed by atoms with van der Waals surface area (Å²) in [7, 11) is 0. The molecule has 0 aliphatic heterocycles. The van der Waals surface area contributed by atoms with Crippen molar-refractivity contribution in [2.24, 2.45) is 5.73 Å². The van der Waals surface area contributed by atoms with Crippen LogP contribution in [0.2, 0.25) is 0 Å². The van der Waals surface area contributed by atoms with Gasteiger partial charge in [0.25, 0.3) is 6.43 Å². The van der Waals surface area contributed by atoms with Gasteiger partial charge in [-0.15, -0.1) is 0 Å². The lowest BCUT2D eigenvalue weighted by atomic mass is 10.1. The zero-order valence-corrected chi connectivity index (χ0v) is 6.40. The summed E-state index contributed by atoms with van der Waals surface area (Å²) in [5.41, 5.74) is 3.41. The van der Waals surface area contributed by atoms with Crippen LogP contribution < -0.4 is 5.73 Å². The number of nitrogens with zero attached hydrogens (tertiary/aromatic N) is 1. The van der Waals surface area contributed by atoms with Gasteiger partial charge in [-0.2, -0.15) is 4.39 Å². The summed E-state index contributed by atoms with van der Waals surface area (Å²) in [5.74, 6) is -2.39. The number of aromatic nitrogens is 1. The van der Waals surface area contributed by atoms with Crippen molar-refractivity contribution >= 4 is 0 Å². The molecule has 0 spiro atoms. The molecule has 13 heavy (non-hydrogen) atoms. The van der Waals surface area contributed by atoms with Gasteiger partial charge in [0.1, 0.15) is 5.82 Å². The van der Waals surface area contributed by atoms with E-state index in [9.17, 15) is 17.6 Å². The average Bonchev–Trinajstić information content (AvgIpc) is 2.07. The van der Waals surface area contributed by atoms with Gasteiger partial charge in [-0.1, -0.05) is 0 Å². The first-order valence-electron chi connectivity index (χ1n) is 3.39. The molecule has 2 N–H and O–H groups in total. The predicted molar refractivity (Wildman–Crippen MR) is 37.0 cm³/mol. The second-order valence-corrected chi connectivity index (χ2v) is 2.29. The molecule has 0 fully saturated rings. The van der Waals surface area contributed by atoms with E-state index in [1.165, 1.54) is 0 Å². The summed E-state index contributed by atoms with van der Waals surface area (Å²) in [4.78, 5) is 2.83. The highest BCUT2D eigenvalue weighted by Gasteiger charge is 2.21. The van der Waals surface area contributed by atoms with E-state index < -0.39 is 35.9 Å². The van der Waals surface area contributed by atoms with E-state index in [2.05, 4.69) is 4.98 Å². The van der Waals surface area contributed by atoms with Crippen LogP contribution in [0.3, 0.4) is 0 Å². The van der Waals surface area contributed by atoms with E-state index >= 15 is 0 Å². The molecule has 1 rings (SSSR count). The fourth-order valence-electron chi connectivity index (χ4n) is 0.943. The van der Waals surface area contributed by atoms with Gasteiger partial charge in [-0.05, 0) is 0 Å². The van der Waals surface area contributed by atoms with Gasteiger partial charge in [-0.25, -0.2) is 18.2 Å². The monoisotopic (exact) mass is 194 g/mol. The smallest absolute Gasteiger partial charge is 0.268 e. The molecule has 0 saturated carbocycles. The molecule has 1 aromatic rings. The maximum Gasteiger partial charge on any atom is 0.268 e. The third-order valence-corrected chi connectivity index (χ3v) is 1.55. The topological polar surface area (TPSA) is 38.9 Å². The Kier molecular flexibility index (Phi) is 2.82. The lowest BCUT2D eigenvalue weighted by Gasteiger charge is -2.07. The molecule has 2 nitrogen and oxygen atoms in total. The van der Waals surface area contributed by atoms with Gasteiger partial charge < -0.3 is 5.73 Å². The predicted octanol–water partition coefficient (Wildman–Crippen LogP) is 1.76. The van der Waals surface area contributed by atoms with Crippen LogP contribution >= 0.6 is 0 Å². The number of hydrogen-bond donors (Lipinski definition) is 1. The quantitative estimate of drug-likeness (QED) is 0.575. The van der Waals surface area contributed by atoms with Crippen molar-refractivity contribution in [2.75, 3.05) is 0 Å². The third-order valence-electron chi connectivity index (χ3n) is 1.55. The highest BCUT2D eigenvalue weighted by molar-refractivity contribution is 5.26. The molecule has 0 bridgehead atoms. The maximum absolute atomic E-state index is 12.7. The van der Waals surface area contributed by atoms with Crippen LogP contribution in [-0.2, 0) is 6.54 Å².